The van der Waals surface area contributed by atoms with Gasteiger partial charge in [0.15, 0.2) is 12.0 Å². The summed E-state index contributed by atoms with van der Waals surface area (Å²) in [7, 11) is -4.01. The van der Waals surface area contributed by atoms with Crippen molar-refractivity contribution in [1.82, 2.24) is 25.2 Å². The summed E-state index contributed by atoms with van der Waals surface area (Å²) in [6, 6.07) is 5.26. The Hall–Kier alpha value is -4.53. The number of carbonyl (C=O) groups excluding carboxylic acids is 5. The molecule has 3 fully saturated rings. The lowest BCUT2D eigenvalue weighted by molar-refractivity contribution is -0.141. The second kappa shape index (κ2) is 13.6. The number of hydrogen-bond donors (Lipinski definition) is 3. The summed E-state index contributed by atoms with van der Waals surface area (Å²) in [5.41, 5.74) is -1.91. The van der Waals surface area contributed by atoms with E-state index in [2.05, 4.69) is 20.3 Å². The van der Waals surface area contributed by atoms with Crippen LogP contribution >= 0.6 is 0 Å². The Labute approximate surface area is 315 Å². The Morgan fingerprint density at radius 3 is 2.57 bits per heavy atom. The summed E-state index contributed by atoms with van der Waals surface area (Å²) >= 11 is 0. The number of aldehydes is 1. The minimum atomic E-state index is -4.01. The molecule has 2 saturated carbocycles. The van der Waals surface area contributed by atoms with Gasteiger partial charge in [-0.15, -0.1) is 0 Å². The van der Waals surface area contributed by atoms with Crippen molar-refractivity contribution in [3.05, 3.63) is 47.7 Å². The number of pyridine rings is 1. The number of alkyl carbamates (subject to hydrolysis) is 1. The van der Waals surface area contributed by atoms with E-state index in [9.17, 15) is 32.4 Å². The Morgan fingerprint density at radius 2 is 1.85 bits per heavy atom. The maximum atomic E-state index is 14.7. The molecule has 0 bridgehead atoms. The first-order valence-corrected chi connectivity index (χ1v) is 20.4. The number of allylic oxidation sites excluding steroid dienone is 1. The number of fused-ring (bicyclic) bond motifs is 5. The quantitative estimate of drug-likeness (QED) is 0.297. The van der Waals surface area contributed by atoms with Crippen LogP contribution in [0.3, 0.4) is 0 Å². The van der Waals surface area contributed by atoms with Gasteiger partial charge in [0.25, 0.3) is 5.91 Å². The van der Waals surface area contributed by atoms with Gasteiger partial charge in [0.2, 0.25) is 21.8 Å². The fraction of sp³-hybridized carbons (Fsp3) is 0.590. The number of ether oxygens (including phenoxy) is 2. The molecule has 7 rings (SSSR count). The molecule has 54 heavy (non-hydrogen) atoms. The molecular weight excluding hydrogens is 715 g/mol. The number of amides is 4. The highest BCUT2D eigenvalue weighted by molar-refractivity contribution is 7.91. The molecule has 4 amide bonds. The van der Waals surface area contributed by atoms with Crippen molar-refractivity contribution in [3.8, 4) is 5.75 Å². The van der Waals surface area contributed by atoms with E-state index in [0.717, 1.165) is 23.8 Å². The van der Waals surface area contributed by atoms with E-state index >= 15 is 0 Å². The van der Waals surface area contributed by atoms with Crippen molar-refractivity contribution in [2.45, 2.75) is 132 Å². The second-order valence-electron chi connectivity index (χ2n) is 16.8. The summed E-state index contributed by atoms with van der Waals surface area (Å²) in [4.78, 5) is 74.5. The Bertz CT molecular complexity index is 2040. The third-order valence-corrected chi connectivity index (χ3v) is 13.7. The molecule has 3 N–H and O–H groups in total. The Balaban J connectivity index is 1.24. The molecule has 1 unspecified atom stereocenters. The molecule has 2 aromatic rings. The fourth-order valence-electron chi connectivity index (χ4n) is 8.04. The molecular formula is C39H49N5O9S. The van der Waals surface area contributed by atoms with Gasteiger partial charge in [0.1, 0.15) is 34.5 Å². The maximum Gasteiger partial charge on any atom is 0.408 e. The molecule has 3 aliphatic heterocycles. The predicted molar refractivity (Wildman–Crippen MR) is 198 cm³/mol. The normalized spacial score (nSPS) is 29.9. The van der Waals surface area contributed by atoms with Crippen LogP contribution in [0.2, 0.25) is 0 Å². The second-order valence-corrected chi connectivity index (χ2v) is 19.0. The van der Waals surface area contributed by atoms with Crippen LogP contribution in [0.25, 0.3) is 10.9 Å². The number of benzene rings is 1. The van der Waals surface area contributed by atoms with Gasteiger partial charge in [-0.3, -0.25) is 23.9 Å². The number of nitrogens with zero attached hydrogens (tertiary/aromatic N) is 2. The van der Waals surface area contributed by atoms with Crippen LogP contribution in [0.5, 0.6) is 5.75 Å². The summed E-state index contributed by atoms with van der Waals surface area (Å²) in [5, 5.41) is 6.49. The fourth-order valence-corrected chi connectivity index (χ4v) is 9.35. The smallest absolute Gasteiger partial charge is 0.408 e. The van der Waals surface area contributed by atoms with Gasteiger partial charge >= 0.3 is 6.09 Å². The van der Waals surface area contributed by atoms with E-state index in [1.54, 1.807) is 27.7 Å². The highest BCUT2D eigenvalue weighted by Gasteiger charge is 2.64. The first-order chi connectivity index (χ1) is 25.5. The summed E-state index contributed by atoms with van der Waals surface area (Å²) in [5.74, 6) is -2.12. The van der Waals surface area contributed by atoms with Crippen LogP contribution < -0.4 is 20.1 Å². The Kier molecular flexibility index (Phi) is 9.54. The van der Waals surface area contributed by atoms with Gasteiger partial charge < -0.3 is 25.0 Å². The largest absolute Gasteiger partial charge is 0.483 e. The zero-order valence-electron chi connectivity index (χ0n) is 31.2. The van der Waals surface area contributed by atoms with Crippen LogP contribution in [0.4, 0.5) is 4.79 Å². The lowest BCUT2D eigenvalue weighted by Gasteiger charge is -2.36. The van der Waals surface area contributed by atoms with E-state index in [0.29, 0.717) is 62.5 Å². The molecule has 1 saturated heterocycles. The van der Waals surface area contributed by atoms with Gasteiger partial charge in [-0.25, -0.2) is 18.2 Å². The number of hydrogen-bond acceptors (Lipinski definition) is 10. The van der Waals surface area contributed by atoms with E-state index in [-0.39, 0.29) is 25.1 Å². The van der Waals surface area contributed by atoms with Crippen molar-refractivity contribution in [3.63, 3.8) is 0 Å². The predicted octanol–water partition coefficient (Wildman–Crippen LogP) is 4.00. The SMILES string of the molecule is CC(C)(C)OC(=O)NC1CCCCC/C=C\[C@@H]2C[C@@]2(C(=O)NS(=O)(=O)C2(C)CC2)NC(=O)[C@@H]2C[C@]3(CCc4c(c(C=O)nc5ccccc45)O3)CN2C1=O. The lowest BCUT2D eigenvalue weighted by Crippen LogP contribution is -2.58. The number of rotatable bonds is 5. The van der Waals surface area contributed by atoms with E-state index in [1.807, 2.05) is 36.4 Å². The van der Waals surface area contributed by atoms with Crippen LogP contribution in [0.1, 0.15) is 108 Å². The van der Waals surface area contributed by atoms with Crippen molar-refractivity contribution in [2.24, 2.45) is 5.92 Å². The number of para-hydroxylation sites is 1. The van der Waals surface area contributed by atoms with Crippen LogP contribution in [-0.4, -0.2) is 88.5 Å². The van der Waals surface area contributed by atoms with Crippen LogP contribution in [-0.2, 0) is 35.6 Å². The average molecular weight is 764 g/mol. The molecule has 1 aromatic heterocycles. The summed E-state index contributed by atoms with van der Waals surface area (Å²) in [6.07, 6.45) is 8.71. The highest BCUT2D eigenvalue weighted by atomic mass is 32.2. The van der Waals surface area contributed by atoms with E-state index in [1.165, 1.54) is 4.90 Å². The zero-order valence-corrected chi connectivity index (χ0v) is 32.1. The molecule has 1 spiro atoms. The van der Waals surface area contributed by atoms with E-state index < -0.39 is 73.3 Å². The van der Waals surface area contributed by atoms with Gasteiger partial charge in [-0.1, -0.05) is 43.2 Å². The topological polar surface area (TPSA) is 190 Å². The summed E-state index contributed by atoms with van der Waals surface area (Å²) < 4.78 is 39.8. The molecule has 290 valence electrons. The average Bonchev–Trinajstić information content (AvgIpc) is 4.00. The highest BCUT2D eigenvalue weighted by Crippen LogP contribution is 2.49. The molecule has 4 heterocycles. The zero-order chi connectivity index (χ0) is 38.7. The van der Waals surface area contributed by atoms with E-state index in [4.69, 9.17) is 9.47 Å². The maximum absolute atomic E-state index is 14.7. The van der Waals surface area contributed by atoms with Crippen molar-refractivity contribution >= 4 is 51.0 Å². The van der Waals surface area contributed by atoms with Gasteiger partial charge in [-0.05, 0) is 85.1 Å². The molecule has 14 nitrogen and oxygen atoms in total. The Morgan fingerprint density at radius 1 is 1.09 bits per heavy atom. The number of carbonyl (C=O) groups is 5. The molecule has 15 heteroatoms. The number of aromatic nitrogens is 1. The molecule has 5 atom stereocenters. The molecule has 5 aliphatic rings. The van der Waals surface area contributed by atoms with Crippen molar-refractivity contribution in [1.29, 1.82) is 0 Å². The van der Waals surface area contributed by atoms with Crippen molar-refractivity contribution in [2.75, 3.05) is 6.54 Å². The van der Waals surface area contributed by atoms with Gasteiger partial charge in [0, 0.05) is 23.3 Å². The first-order valence-electron chi connectivity index (χ1n) is 18.9. The number of nitrogens with one attached hydrogen (secondary N) is 3. The van der Waals surface area contributed by atoms with Crippen LogP contribution in [0, 0.1) is 5.92 Å². The van der Waals surface area contributed by atoms with Gasteiger partial charge in [0.05, 0.1) is 16.8 Å². The standard InChI is InChI=1S/C39H49N5O9S/c1-36(2,3)53-35(49)41-28-15-9-7-5-6-8-12-24-20-39(24,34(48)43-54(50,51)37(4)18-19-37)42-32(46)30-21-38(23-44(30)33(28)47)17-16-26-25-13-10-11-14-27(25)40-29(22-45)31(26)52-38/h8,10-14,22,24,28,30H,5-7,9,15-21,23H2,1-4H3,(H,41,49)(H,42,46)(H,43,48)/b12-8-/t24-,28?,30+,38-,39-/m1/s1. The third-order valence-electron chi connectivity index (χ3n) is 11.5. The lowest BCUT2D eigenvalue weighted by atomic mass is 9.87. The monoisotopic (exact) mass is 763 g/mol. The minimum Gasteiger partial charge on any atom is -0.483 e. The van der Waals surface area contributed by atoms with Crippen molar-refractivity contribution < 1.29 is 41.9 Å². The summed E-state index contributed by atoms with van der Waals surface area (Å²) in [6.45, 7) is 6.70. The number of sulfonamides is 1. The molecule has 2 aliphatic carbocycles. The number of aryl methyl sites for hydroxylation is 1. The third kappa shape index (κ3) is 7.18. The first kappa shape index (κ1) is 37.8. The van der Waals surface area contributed by atoms with Crippen LogP contribution in [0.15, 0.2) is 36.4 Å². The molecule has 1 aromatic carbocycles. The van der Waals surface area contributed by atoms with Gasteiger partial charge in [-0.2, -0.15) is 0 Å². The minimum absolute atomic E-state index is 0.0167. The molecule has 0 radical (unpaired) electrons.